The van der Waals surface area contributed by atoms with E-state index >= 15 is 0 Å². The molecule has 3 atom stereocenters. The highest BCUT2D eigenvalue weighted by Gasteiger charge is 2.33. The largest absolute Gasteiger partial charge is 0.454 e. The zero-order valence-corrected chi connectivity index (χ0v) is 14.9. The van der Waals surface area contributed by atoms with Crippen LogP contribution in [-0.2, 0) is 14.3 Å². The van der Waals surface area contributed by atoms with E-state index in [0.29, 0.717) is 29.7 Å². The van der Waals surface area contributed by atoms with Crippen LogP contribution in [0.1, 0.15) is 66.2 Å². The summed E-state index contributed by atoms with van der Waals surface area (Å²) in [4.78, 5) is 24.3. The first-order valence-corrected chi connectivity index (χ1v) is 8.95. The van der Waals surface area contributed by atoms with Gasteiger partial charge in [-0.1, -0.05) is 32.4 Å². The van der Waals surface area contributed by atoms with Crippen molar-refractivity contribution in [2.75, 3.05) is 0 Å². The number of hydrogen-bond donors (Lipinski definition) is 0. The van der Waals surface area contributed by atoms with E-state index in [9.17, 15) is 9.59 Å². The van der Waals surface area contributed by atoms with Gasteiger partial charge in [-0.25, -0.2) is 4.79 Å². The van der Waals surface area contributed by atoms with Gasteiger partial charge in [-0.2, -0.15) is 0 Å². The Labute approximate surface area is 140 Å². The summed E-state index contributed by atoms with van der Waals surface area (Å²) in [5, 5.41) is 0. The molecule has 0 saturated heterocycles. The topological polar surface area (TPSA) is 43.4 Å². The number of fused-ring (bicyclic) bond motifs is 1. The minimum absolute atomic E-state index is 0.153. The fourth-order valence-corrected chi connectivity index (χ4v) is 3.60. The molecule has 0 saturated carbocycles. The lowest BCUT2D eigenvalue weighted by atomic mass is 9.84. The van der Waals surface area contributed by atoms with Gasteiger partial charge in [0.2, 0.25) is 0 Å². The maximum atomic E-state index is 12.2. The Bertz CT molecular complexity index is 513. The highest BCUT2D eigenvalue weighted by Crippen LogP contribution is 2.32. The number of allylic oxidation sites excluding steroid dienone is 2. The third kappa shape index (κ3) is 5.05. The van der Waals surface area contributed by atoms with Gasteiger partial charge in [-0.3, -0.25) is 4.79 Å². The molecular formula is C20H30O3. The lowest BCUT2D eigenvalue weighted by molar-refractivity contribution is -0.142. The molecule has 2 rings (SSSR count). The van der Waals surface area contributed by atoms with Crippen molar-refractivity contribution < 1.29 is 14.3 Å². The van der Waals surface area contributed by atoms with Crippen LogP contribution < -0.4 is 0 Å². The summed E-state index contributed by atoms with van der Waals surface area (Å²) in [5.41, 5.74) is 1.97. The number of esters is 1. The van der Waals surface area contributed by atoms with Gasteiger partial charge in [0.1, 0.15) is 11.9 Å². The Hall–Kier alpha value is -1.38. The number of hydrogen-bond acceptors (Lipinski definition) is 3. The van der Waals surface area contributed by atoms with E-state index in [4.69, 9.17) is 4.74 Å². The fraction of sp³-hybridized carbons (Fsp3) is 0.700. The van der Waals surface area contributed by atoms with Crippen LogP contribution in [-0.4, -0.2) is 17.9 Å². The molecule has 0 N–H and O–H groups in total. The fourth-order valence-electron chi connectivity index (χ4n) is 3.60. The second kappa shape index (κ2) is 7.94. The smallest absolute Gasteiger partial charge is 0.334 e. The van der Waals surface area contributed by atoms with E-state index in [1.807, 2.05) is 6.08 Å². The minimum atomic E-state index is -0.288. The predicted octanol–water partition coefficient (Wildman–Crippen LogP) is 4.62. The van der Waals surface area contributed by atoms with E-state index in [1.54, 1.807) is 0 Å². The SMILES string of the molecule is C/C1=C/CC[C@H](C)CC(=O)CC2=C[C@@H](OC2=O)[C@H](C(C)C)CC1. The van der Waals surface area contributed by atoms with Crippen LogP contribution in [0.2, 0.25) is 0 Å². The van der Waals surface area contributed by atoms with Crippen LogP contribution in [0.5, 0.6) is 0 Å². The number of carbonyl (C=O) groups excluding carboxylic acids is 2. The van der Waals surface area contributed by atoms with Crippen LogP contribution in [0.25, 0.3) is 0 Å². The Balaban J connectivity index is 2.21. The molecule has 2 aliphatic rings. The third-order valence-electron chi connectivity index (χ3n) is 5.14. The molecule has 3 heteroatoms. The van der Waals surface area contributed by atoms with Gasteiger partial charge in [0.15, 0.2) is 0 Å². The van der Waals surface area contributed by atoms with Crippen LogP contribution >= 0.6 is 0 Å². The van der Waals surface area contributed by atoms with E-state index in [1.165, 1.54) is 5.57 Å². The zero-order valence-electron chi connectivity index (χ0n) is 14.9. The van der Waals surface area contributed by atoms with Crippen LogP contribution in [0.3, 0.4) is 0 Å². The summed E-state index contributed by atoms with van der Waals surface area (Å²) in [6.45, 7) is 8.66. The molecule has 1 heterocycles. The molecule has 2 bridgehead atoms. The molecule has 0 radical (unpaired) electrons. The monoisotopic (exact) mass is 318 g/mol. The van der Waals surface area contributed by atoms with E-state index in [2.05, 4.69) is 33.8 Å². The minimum Gasteiger partial charge on any atom is -0.454 e. The maximum Gasteiger partial charge on any atom is 0.334 e. The van der Waals surface area contributed by atoms with Crippen molar-refractivity contribution in [3.63, 3.8) is 0 Å². The number of carbonyl (C=O) groups is 2. The number of ketones is 1. The molecule has 23 heavy (non-hydrogen) atoms. The lowest BCUT2D eigenvalue weighted by Gasteiger charge is -2.25. The van der Waals surface area contributed by atoms with Crippen molar-refractivity contribution in [2.24, 2.45) is 17.8 Å². The van der Waals surface area contributed by atoms with E-state index < -0.39 is 0 Å². The van der Waals surface area contributed by atoms with E-state index in [-0.39, 0.29) is 24.3 Å². The first-order valence-electron chi connectivity index (χ1n) is 8.95. The highest BCUT2D eigenvalue weighted by molar-refractivity contribution is 5.97. The first kappa shape index (κ1) is 18.0. The molecule has 0 aromatic heterocycles. The second-order valence-electron chi connectivity index (χ2n) is 7.66. The molecular weight excluding hydrogens is 288 g/mol. The summed E-state index contributed by atoms with van der Waals surface area (Å²) in [5.74, 6) is 0.993. The number of ether oxygens (including phenoxy) is 1. The zero-order chi connectivity index (χ0) is 17.0. The van der Waals surface area contributed by atoms with Gasteiger partial charge in [0.25, 0.3) is 0 Å². The average Bonchev–Trinajstić information content (AvgIpc) is 2.78. The summed E-state index contributed by atoms with van der Waals surface area (Å²) in [6.07, 6.45) is 8.98. The lowest BCUT2D eigenvalue weighted by Crippen LogP contribution is -2.25. The Kier molecular flexibility index (Phi) is 6.20. The van der Waals surface area contributed by atoms with Crippen LogP contribution in [0.4, 0.5) is 0 Å². The third-order valence-corrected chi connectivity index (χ3v) is 5.14. The summed E-state index contributed by atoms with van der Waals surface area (Å²) >= 11 is 0. The van der Waals surface area contributed by atoms with Gasteiger partial charge in [-0.05, 0) is 50.5 Å². The summed E-state index contributed by atoms with van der Waals surface area (Å²) in [7, 11) is 0. The van der Waals surface area contributed by atoms with Crippen molar-refractivity contribution in [1.29, 1.82) is 0 Å². The summed E-state index contributed by atoms with van der Waals surface area (Å²) in [6, 6.07) is 0. The molecule has 1 aliphatic heterocycles. The van der Waals surface area contributed by atoms with Crippen molar-refractivity contribution in [2.45, 2.75) is 72.3 Å². The molecule has 0 aromatic rings. The normalized spacial score (nSPS) is 32.8. The van der Waals surface area contributed by atoms with Gasteiger partial charge in [0.05, 0.1) is 0 Å². The van der Waals surface area contributed by atoms with Crippen molar-refractivity contribution in [3.8, 4) is 0 Å². The molecule has 1 aliphatic carbocycles. The Morgan fingerprint density at radius 2 is 1.96 bits per heavy atom. The van der Waals surface area contributed by atoms with Crippen LogP contribution in [0, 0.1) is 17.8 Å². The van der Waals surface area contributed by atoms with Gasteiger partial charge >= 0.3 is 5.97 Å². The van der Waals surface area contributed by atoms with Gasteiger partial charge < -0.3 is 4.74 Å². The molecule has 0 aromatic carbocycles. The molecule has 0 fully saturated rings. The molecule has 0 unspecified atom stereocenters. The Morgan fingerprint density at radius 3 is 2.65 bits per heavy atom. The highest BCUT2D eigenvalue weighted by atomic mass is 16.5. The van der Waals surface area contributed by atoms with Gasteiger partial charge in [-0.15, -0.1) is 0 Å². The summed E-state index contributed by atoms with van der Waals surface area (Å²) < 4.78 is 5.58. The van der Waals surface area contributed by atoms with Gasteiger partial charge in [0, 0.05) is 24.3 Å². The van der Waals surface area contributed by atoms with Crippen LogP contribution in [0.15, 0.2) is 23.3 Å². The van der Waals surface area contributed by atoms with E-state index in [0.717, 1.165) is 25.7 Å². The quantitative estimate of drug-likeness (QED) is 0.523. The molecule has 128 valence electrons. The predicted molar refractivity (Wildman–Crippen MR) is 91.9 cm³/mol. The average molecular weight is 318 g/mol. The molecule has 0 spiro atoms. The second-order valence-corrected chi connectivity index (χ2v) is 7.66. The van der Waals surface area contributed by atoms with Crippen molar-refractivity contribution in [3.05, 3.63) is 23.3 Å². The molecule has 3 nitrogen and oxygen atoms in total. The Morgan fingerprint density at radius 1 is 1.22 bits per heavy atom. The first-order chi connectivity index (χ1) is 10.9. The van der Waals surface area contributed by atoms with Crippen molar-refractivity contribution in [1.82, 2.24) is 0 Å². The molecule has 0 amide bonds. The standard InChI is InChI=1S/C20H30O3/c1-13(2)18-9-8-14(3)6-5-7-15(4)10-17(21)11-16-12-19(18)23-20(16)22/h6,12-13,15,18-19H,5,7-11H2,1-4H3/b14-6-/t15-,18-,19+/m0/s1. The number of Topliss-reactive ketones (excluding diaryl/α,β-unsaturated/α-hetero) is 1. The number of rotatable bonds is 1. The van der Waals surface area contributed by atoms with Crippen molar-refractivity contribution >= 4 is 11.8 Å². The maximum absolute atomic E-state index is 12.2.